The Morgan fingerprint density at radius 1 is 1.36 bits per heavy atom. The first-order valence-corrected chi connectivity index (χ1v) is 4.07. The van der Waals surface area contributed by atoms with Crippen LogP contribution in [0.3, 0.4) is 0 Å². The monoisotopic (exact) mass is 156 g/mol. The quantitative estimate of drug-likeness (QED) is 0.650. The van der Waals surface area contributed by atoms with Crippen molar-refractivity contribution in [1.82, 2.24) is 20.2 Å². The molecule has 64 valence electrons. The number of rotatable bonds is 2. The summed E-state index contributed by atoms with van der Waals surface area (Å²) in [4.78, 5) is 1.61. The molecule has 1 aromatic rings. The first-order valence-electron chi connectivity index (χ1n) is 4.07. The summed E-state index contributed by atoms with van der Waals surface area (Å²) in [5, 5.41) is 11.5. The summed E-state index contributed by atoms with van der Waals surface area (Å²) in [7, 11) is 0. The Hall–Kier alpha value is -0.930. The lowest BCUT2D eigenvalue weighted by molar-refractivity contribution is 0.513. The second kappa shape index (κ2) is 5.82. The third-order valence-corrected chi connectivity index (χ3v) is 0.976. The van der Waals surface area contributed by atoms with Crippen LogP contribution in [0.15, 0.2) is 0 Å². The van der Waals surface area contributed by atoms with Gasteiger partial charge < -0.3 is 0 Å². The summed E-state index contributed by atoms with van der Waals surface area (Å²) in [5.41, 5.74) is 0. The summed E-state index contributed by atoms with van der Waals surface area (Å²) in [6, 6.07) is 0. The summed E-state index contributed by atoms with van der Waals surface area (Å²) < 4.78 is 0. The standard InChI is InChI=1S/C5H10N4.C2H6/c1-3-4-9-7-5(2)6-8-9;1-2/h3-4H2,1-2H3;1-2H3. The van der Waals surface area contributed by atoms with E-state index in [1.807, 2.05) is 20.8 Å². The predicted octanol–water partition coefficient (Wildman–Crippen LogP) is 1.42. The van der Waals surface area contributed by atoms with Gasteiger partial charge in [-0.1, -0.05) is 20.8 Å². The van der Waals surface area contributed by atoms with E-state index in [0.29, 0.717) is 0 Å². The fourth-order valence-corrected chi connectivity index (χ4v) is 0.618. The molecule has 0 saturated heterocycles. The maximum absolute atomic E-state index is 3.99. The molecule has 0 aliphatic rings. The minimum absolute atomic E-state index is 0.739. The topological polar surface area (TPSA) is 43.6 Å². The molecule has 0 spiro atoms. The Morgan fingerprint density at radius 2 is 2.00 bits per heavy atom. The highest BCUT2D eigenvalue weighted by atomic mass is 15.6. The molecule has 0 fully saturated rings. The lowest BCUT2D eigenvalue weighted by atomic mass is 10.5. The molecule has 0 N–H and O–H groups in total. The highest BCUT2D eigenvalue weighted by molar-refractivity contribution is 4.66. The molecule has 1 rings (SSSR count). The van der Waals surface area contributed by atoms with Crippen molar-refractivity contribution in [2.45, 2.75) is 40.7 Å². The molecular formula is C7H16N4. The van der Waals surface area contributed by atoms with Crippen molar-refractivity contribution >= 4 is 0 Å². The molecule has 0 bridgehead atoms. The van der Waals surface area contributed by atoms with Gasteiger partial charge in [0.2, 0.25) is 0 Å². The van der Waals surface area contributed by atoms with Crippen molar-refractivity contribution in [1.29, 1.82) is 0 Å². The summed E-state index contributed by atoms with van der Waals surface area (Å²) >= 11 is 0. The highest BCUT2D eigenvalue weighted by Gasteiger charge is 1.92. The van der Waals surface area contributed by atoms with Crippen molar-refractivity contribution in [2.24, 2.45) is 0 Å². The van der Waals surface area contributed by atoms with Gasteiger partial charge in [-0.15, -0.1) is 10.2 Å². The van der Waals surface area contributed by atoms with E-state index in [4.69, 9.17) is 0 Å². The van der Waals surface area contributed by atoms with Gasteiger partial charge in [-0.25, -0.2) is 0 Å². The predicted molar refractivity (Wildman–Crippen MR) is 44.2 cm³/mol. The van der Waals surface area contributed by atoms with Crippen molar-refractivity contribution in [3.8, 4) is 0 Å². The van der Waals surface area contributed by atoms with Gasteiger partial charge in [0.15, 0.2) is 5.82 Å². The van der Waals surface area contributed by atoms with Crippen molar-refractivity contribution < 1.29 is 0 Å². The molecule has 0 amide bonds. The van der Waals surface area contributed by atoms with E-state index in [9.17, 15) is 0 Å². The lowest BCUT2D eigenvalue weighted by Gasteiger charge is -1.89. The van der Waals surface area contributed by atoms with E-state index in [0.717, 1.165) is 18.8 Å². The zero-order chi connectivity index (χ0) is 8.69. The minimum Gasteiger partial charge on any atom is -0.164 e. The lowest BCUT2D eigenvalue weighted by Crippen LogP contribution is -2.00. The summed E-state index contributed by atoms with van der Waals surface area (Å²) in [6.45, 7) is 8.78. The second-order valence-electron chi connectivity index (χ2n) is 1.93. The number of tetrazole rings is 1. The molecule has 0 aromatic carbocycles. The average Bonchev–Trinajstić information content (AvgIpc) is 2.41. The Kier molecular flexibility index (Phi) is 5.33. The first kappa shape index (κ1) is 10.1. The van der Waals surface area contributed by atoms with Crippen LogP contribution in [0.4, 0.5) is 0 Å². The minimum atomic E-state index is 0.739. The van der Waals surface area contributed by atoms with Gasteiger partial charge in [-0.05, 0) is 18.6 Å². The Labute approximate surface area is 67.6 Å². The second-order valence-corrected chi connectivity index (χ2v) is 1.93. The van der Waals surface area contributed by atoms with E-state index >= 15 is 0 Å². The average molecular weight is 156 g/mol. The smallest absolute Gasteiger partial charge is 0.164 e. The molecule has 0 saturated carbocycles. The summed E-state index contributed by atoms with van der Waals surface area (Å²) in [6.07, 6.45) is 1.05. The maximum atomic E-state index is 3.99. The van der Waals surface area contributed by atoms with Gasteiger partial charge in [0.05, 0.1) is 6.54 Å². The number of aryl methyl sites for hydroxylation is 2. The van der Waals surface area contributed by atoms with E-state index in [1.165, 1.54) is 0 Å². The van der Waals surface area contributed by atoms with Gasteiger partial charge in [0.1, 0.15) is 0 Å². The molecule has 0 radical (unpaired) electrons. The fourth-order valence-electron chi connectivity index (χ4n) is 0.618. The molecule has 0 aliphatic heterocycles. The molecule has 4 nitrogen and oxygen atoms in total. The Morgan fingerprint density at radius 3 is 2.36 bits per heavy atom. The molecule has 0 atom stereocenters. The third kappa shape index (κ3) is 3.70. The fraction of sp³-hybridized carbons (Fsp3) is 0.857. The number of hydrogen-bond acceptors (Lipinski definition) is 3. The SMILES string of the molecule is CC.CCCn1nnc(C)n1. The molecule has 1 heterocycles. The molecule has 1 aromatic heterocycles. The molecule has 11 heavy (non-hydrogen) atoms. The number of nitrogens with zero attached hydrogens (tertiary/aromatic N) is 4. The zero-order valence-corrected chi connectivity index (χ0v) is 7.70. The normalized spacial score (nSPS) is 8.73. The van der Waals surface area contributed by atoms with Gasteiger partial charge in [0, 0.05) is 0 Å². The Balaban J connectivity index is 0.000000461. The number of aromatic nitrogens is 4. The molecule has 0 aliphatic carbocycles. The maximum Gasteiger partial charge on any atom is 0.171 e. The van der Waals surface area contributed by atoms with Crippen LogP contribution in [0.25, 0.3) is 0 Å². The van der Waals surface area contributed by atoms with Crippen molar-refractivity contribution in [3.63, 3.8) is 0 Å². The molecule has 4 heteroatoms. The van der Waals surface area contributed by atoms with Crippen LogP contribution in [-0.4, -0.2) is 20.2 Å². The first-order chi connectivity index (χ1) is 5.33. The van der Waals surface area contributed by atoms with E-state index < -0.39 is 0 Å². The molecular weight excluding hydrogens is 140 g/mol. The van der Waals surface area contributed by atoms with E-state index in [1.54, 1.807) is 4.80 Å². The van der Waals surface area contributed by atoms with Crippen LogP contribution < -0.4 is 0 Å². The zero-order valence-electron chi connectivity index (χ0n) is 7.70. The molecule has 0 unspecified atom stereocenters. The third-order valence-electron chi connectivity index (χ3n) is 0.976. The van der Waals surface area contributed by atoms with Gasteiger partial charge in [-0.3, -0.25) is 0 Å². The van der Waals surface area contributed by atoms with Crippen LogP contribution in [0, 0.1) is 6.92 Å². The van der Waals surface area contributed by atoms with Crippen LogP contribution in [0.5, 0.6) is 0 Å². The van der Waals surface area contributed by atoms with Gasteiger partial charge in [-0.2, -0.15) is 4.80 Å². The number of hydrogen-bond donors (Lipinski definition) is 0. The van der Waals surface area contributed by atoms with Crippen molar-refractivity contribution in [3.05, 3.63) is 5.82 Å². The van der Waals surface area contributed by atoms with Crippen molar-refractivity contribution in [2.75, 3.05) is 0 Å². The van der Waals surface area contributed by atoms with E-state index in [-0.39, 0.29) is 0 Å². The van der Waals surface area contributed by atoms with Crippen LogP contribution >= 0.6 is 0 Å². The Bertz CT molecular complexity index is 182. The van der Waals surface area contributed by atoms with Gasteiger partial charge >= 0.3 is 0 Å². The van der Waals surface area contributed by atoms with E-state index in [2.05, 4.69) is 22.3 Å². The summed E-state index contributed by atoms with van der Waals surface area (Å²) in [5.74, 6) is 0.739. The van der Waals surface area contributed by atoms with Crippen LogP contribution in [0.2, 0.25) is 0 Å². The van der Waals surface area contributed by atoms with Crippen LogP contribution in [0.1, 0.15) is 33.0 Å². The largest absolute Gasteiger partial charge is 0.171 e. The van der Waals surface area contributed by atoms with Crippen LogP contribution in [-0.2, 0) is 6.54 Å². The highest BCUT2D eigenvalue weighted by Crippen LogP contribution is 1.83. The van der Waals surface area contributed by atoms with Gasteiger partial charge in [0.25, 0.3) is 0 Å².